The molecule has 1 aliphatic rings. The maximum atomic E-state index is 3.50. The molecule has 0 saturated heterocycles. The highest BCUT2D eigenvalue weighted by atomic mass is 15.1. The summed E-state index contributed by atoms with van der Waals surface area (Å²) in [5.41, 5.74) is 2.70. The van der Waals surface area contributed by atoms with Crippen LogP contribution in [0, 0.1) is 0 Å². The van der Waals surface area contributed by atoms with Crippen LogP contribution in [0.15, 0.2) is 53.9 Å². The van der Waals surface area contributed by atoms with Gasteiger partial charge in [-0.15, -0.1) is 0 Å². The summed E-state index contributed by atoms with van der Waals surface area (Å²) in [7, 11) is 4.19. The van der Waals surface area contributed by atoms with Gasteiger partial charge in [-0.3, -0.25) is 0 Å². The lowest BCUT2D eigenvalue weighted by Crippen LogP contribution is -2.33. The van der Waals surface area contributed by atoms with Gasteiger partial charge in [-0.2, -0.15) is 0 Å². The zero-order chi connectivity index (χ0) is 13.7. The summed E-state index contributed by atoms with van der Waals surface area (Å²) in [6.07, 6.45) is 4.33. The van der Waals surface area contributed by atoms with Crippen molar-refractivity contribution in [2.45, 2.75) is 13.0 Å². The second-order valence-electron chi connectivity index (χ2n) is 5.27. The van der Waals surface area contributed by atoms with Crippen LogP contribution in [0.5, 0.6) is 0 Å². The van der Waals surface area contributed by atoms with Crippen molar-refractivity contribution < 1.29 is 0 Å². The third-order valence-corrected chi connectivity index (χ3v) is 3.18. The molecular formula is C16H23N3. The normalized spacial score (nSPS) is 16.4. The molecule has 0 amide bonds. The average Bonchev–Trinajstić information content (AvgIpc) is 2.41. The molecule has 1 aromatic rings. The molecule has 0 fully saturated rings. The van der Waals surface area contributed by atoms with Gasteiger partial charge in [0.05, 0.1) is 5.82 Å². The molecule has 0 aromatic heterocycles. The summed E-state index contributed by atoms with van der Waals surface area (Å²) in [5, 5.41) is 6.93. The Morgan fingerprint density at radius 1 is 1.21 bits per heavy atom. The van der Waals surface area contributed by atoms with E-state index in [0.29, 0.717) is 6.04 Å². The van der Waals surface area contributed by atoms with Gasteiger partial charge in [0.1, 0.15) is 0 Å². The van der Waals surface area contributed by atoms with Gasteiger partial charge in [0.25, 0.3) is 0 Å². The van der Waals surface area contributed by atoms with E-state index in [9.17, 15) is 0 Å². The van der Waals surface area contributed by atoms with Crippen LogP contribution >= 0.6 is 0 Å². The van der Waals surface area contributed by atoms with Crippen LogP contribution in [0.2, 0.25) is 0 Å². The summed E-state index contributed by atoms with van der Waals surface area (Å²) >= 11 is 0. The summed E-state index contributed by atoms with van der Waals surface area (Å²) in [5.74, 6) is 1.10. The van der Waals surface area contributed by atoms with E-state index in [2.05, 4.69) is 73.0 Å². The van der Waals surface area contributed by atoms with Gasteiger partial charge in [-0.25, -0.2) is 0 Å². The summed E-state index contributed by atoms with van der Waals surface area (Å²) in [4.78, 5) is 2.19. The molecule has 2 N–H and O–H groups in total. The Morgan fingerprint density at radius 3 is 2.53 bits per heavy atom. The van der Waals surface area contributed by atoms with E-state index in [-0.39, 0.29) is 0 Å². The lowest BCUT2D eigenvalue weighted by Gasteiger charge is -2.23. The second kappa shape index (κ2) is 6.43. The molecule has 1 aliphatic heterocycles. The third kappa shape index (κ3) is 4.14. The Bertz CT molecular complexity index is 460. The van der Waals surface area contributed by atoms with Crippen molar-refractivity contribution >= 4 is 0 Å². The number of rotatable bonds is 5. The van der Waals surface area contributed by atoms with Gasteiger partial charge in [0.15, 0.2) is 0 Å². The highest BCUT2D eigenvalue weighted by Crippen LogP contribution is 2.13. The number of dihydropyridines is 1. The van der Waals surface area contributed by atoms with Crippen LogP contribution in [-0.4, -0.2) is 32.1 Å². The summed E-state index contributed by atoms with van der Waals surface area (Å²) in [6, 6.07) is 10.8. The number of allylic oxidation sites excluding steroid dienone is 2. The molecule has 0 saturated carbocycles. The first-order valence-electron chi connectivity index (χ1n) is 6.75. The Morgan fingerprint density at radius 2 is 1.95 bits per heavy atom. The molecule has 1 unspecified atom stereocenters. The zero-order valence-electron chi connectivity index (χ0n) is 12.0. The smallest absolute Gasteiger partial charge is 0.0993 e. The number of benzene rings is 1. The van der Waals surface area contributed by atoms with Gasteiger partial charge in [-0.1, -0.05) is 36.4 Å². The minimum atomic E-state index is 0.309. The Hall–Kier alpha value is -1.74. The SMILES string of the molecule is CC(NC1=CC=C(CN(C)C)CN1)c1ccccc1. The maximum absolute atomic E-state index is 3.50. The predicted octanol–water partition coefficient (Wildman–Crippen LogP) is 2.27. The minimum Gasteiger partial charge on any atom is -0.368 e. The molecule has 0 aliphatic carbocycles. The van der Waals surface area contributed by atoms with E-state index >= 15 is 0 Å². The van der Waals surface area contributed by atoms with E-state index in [4.69, 9.17) is 0 Å². The van der Waals surface area contributed by atoms with Crippen molar-refractivity contribution in [2.24, 2.45) is 0 Å². The molecule has 102 valence electrons. The quantitative estimate of drug-likeness (QED) is 0.847. The van der Waals surface area contributed by atoms with Crippen LogP contribution in [0.3, 0.4) is 0 Å². The van der Waals surface area contributed by atoms with Crippen molar-refractivity contribution in [1.82, 2.24) is 15.5 Å². The number of hydrogen-bond donors (Lipinski definition) is 2. The van der Waals surface area contributed by atoms with E-state index < -0.39 is 0 Å². The van der Waals surface area contributed by atoms with Crippen LogP contribution in [0.25, 0.3) is 0 Å². The first-order chi connectivity index (χ1) is 9.15. The first kappa shape index (κ1) is 13.7. The molecule has 19 heavy (non-hydrogen) atoms. The van der Waals surface area contributed by atoms with E-state index in [1.807, 2.05) is 6.07 Å². The fourth-order valence-corrected chi connectivity index (χ4v) is 2.20. The molecule has 1 atom stereocenters. The monoisotopic (exact) mass is 257 g/mol. The molecule has 0 radical (unpaired) electrons. The molecule has 1 heterocycles. The van der Waals surface area contributed by atoms with E-state index in [0.717, 1.165) is 18.9 Å². The standard InChI is InChI=1S/C16H23N3/c1-13(15-7-5-4-6-8-15)18-16-10-9-14(11-17-16)12-19(2)3/h4-10,13,17-18H,11-12H2,1-3H3. The highest BCUT2D eigenvalue weighted by Gasteiger charge is 2.09. The van der Waals surface area contributed by atoms with Crippen molar-refractivity contribution in [3.8, 4) is 0 Å². The third-order valence-electron chi connectivity index (χ3n) is 3.18. The number of nitrogens with zero attached hydrogens (tertiary/aromatic N) is 1. The summed E-state index contributed by atoms with van der Waals surface area (Å²) < 4.78 is 0. The van der Waals surface area contributed by atoms with Crippen molar-refractivity contribution in [3.05, 3.63) is 59.4 Å². The minimum absolute atomic E-state index is 0.309. The zero-order valence-corrected chi connectivity index (χ0v) is 12.0. The first-order valence-corrected chi connectivity index (χ1v) is 6.75. The molecule has 0 bridgehead atoms. The summed E-state index contributed by atoms with van der Waals surface area (Å²) in [6.45, 7) is 4.10. The Labute approximate surface area is 116 Å². The number of nitrogens with one attached hydrogen (secondary N) is 2. The lowest BCUT2D eigenvalue weighted by atomic mass is 10.1. The number of hydrogen-bond acceptors (Lipinski definition) is 3. The van der Waals surface area contributed by atoms with Crippen molar-refractivity contribution in [3.63, 3.8) is 0 Å². The predicted molar refractivity (Wildman–Crippen MR) is 80.7 cm³/mol. The van der Waals surface area contributed by atoms with E-state index in [1.54, 1.807) is 0 Å². The highest BCUT2D eigenvalue weighted by molar-refractivity contribution is 5.26. The Balaban J connectivity index is 1.94. The lowest BCUT2D eigenvalue weighted by molar-refractivity contribution is 0.438. The van der Waals surface area contributed by atoms with Crippen LogP contribution in [0.1, 0.15) is 18.5 Å². The van der Waals surface area contributed by atoms with Crippen molar-refractivity contribution in [1.29, 1.82) is 0 Å². The van der Waals surface area contributed by atoms with Crippen molar-refractivity contribution in [2.75, 3.05) is 27.2 Å². The molecule has 2 rings (SSSR count). The molecule has 0 spiro atoms. The fourth-order valence-electron chi connectivity index (χ4n) is 2.20. The van der Waals surface area contributed by atoms with Crippen LogP contribution in [0.4, 0.5) is 0 Å². The van der Waals surface area contributed by atoms with Crippen LogP contribution in [-0.2, 0) is 0 Å². The van der Waals surface area contributed by atoms with Gasteiger partial charge < -0.3 is 15.5 Å². The van der Waals surface area contributed by atoms with E-state index in [1.165, 1.54) is 11.1 Å². The van der Waals surface area contributed by atoms with Gasteiger partial charge in [0.2, 0.25) is 0 Å². The Kier molecular flexibility index (Phi) is 4.63. The topological polar surface area (TPSA) is 27.3 Å². The molecule has 1 aromatic carbocycles. The molecule has 3 nitrogen and oxygen atoms in total. The fraction of sp³-hybridized carbons (Fsp3) is 0.375. The van der Waals surface area contributed by atoms with Gasteiger partial charge in [0, 0.05) is 19.1 Å². The largest absolute Gasteiger partial charge is 0.368 e. The molecule has 3 heteroatoms. The second-order valence-corrected chi connectivity index (χ2v) is 5.27. The molecular weight excluding hydrogens is 234 g/mol. The maximum Gasteiger partial charge on any atom is 0.0993 e. The average molecular weight is 257 g/mol. The van der Waals surface area contributed by atoms with Gasteiger partial charge in [-0.05, 0) is 38.2 Å². The van der Waals surface area contributed by atoms with Gasteiger partial charge >= 0.3 is 0 Å². The van der Waals surface area contributed by atoms with Crippen LogP contribution < -0.4 is 10.6 Å². The number of likely N-dealkylation sites (N-methyl/N-ethyl adjacent to an activating group) is 1.